The van der Waals surface area contributed by atoms with Crippen molar-refractivity contribution in [2.24, 2.45) is 0 Å². The largest absolute Gasteiger partial charge is 1.00 e. The van der Waals surface area contributed by atoms with Gasteiger partial charge in [0.2, 0.25) is 0 Å². The van der Waals surface area contributed by atoms with Crippen LogP contribution in [0, 0.1) is 0 Å². The summed E-state index contributed by atoms with van der Waals surface area (Å²) in [5.41, 5.74) is 0. The summed E-state index contributed by atoms with van der Waals surface area (Å²) in [6.07, 6.45) is 8.46. The van der Waals surface area contributed by atoms with E-state index in [0.717, 1.165) is 6.04 Å². The second-order valence-corrected chi connectivity index (χ2v) is 3.29. The summed E-state index contributed by atoms with van der Waals surface area (Å²) in [7, 11) is 0. The van der Waals surface area contributed by atoms with E-state index in [0.29, 0.717) is 0 Å². The molecule has 0 aromatic carbocycles. The Labute approximate surface area is 76.4 Å². The zero-order valence-electron chi connectivity index (χ0n) is 7.41. The van der Waals surface area contributed by atoms with Gasteiger partial charge in [-0.2, -0.15) is 0 Å². The maximum atomic E-state index is 3.57. The molecule has 1 saturated carbocycles. The summed E-state index contributed by atoms with van der Waals surface area (Å²) < 4.78 is 0. The quantitative estimate of drug-likeness (QED) is 0.601. The van der Waals surface area contributed by atoms with Gasteiger partial charge in [0.05, 0.1) is 0 Å². The maximum Gasteiger partial charge on any atom is 0.00670 e. The minimum Gasteiger partial charge on any atom is -1.00 e. The third-order valence-corrected chi connectivity index (χ3v) is 2.29. The molecule has 1 nitrogen and oxygen atoms in total. The number of rotatable bonds is 3. The Morgan fingerprint density at radius 3 is 2.36 bits per heavy atom. The highest BCUT2D eigenvalue weighted by molar-refractivity contribution is 4.70. The lowest BCUT2D eigenvalue weighted by Crippen LogP contribution is -3.00. The molecule has 1 N–H and O–H groups in total. The molecule has 1 fully saturated rings. The third-order valence-electron chi connectivity index (χ3n) is 2.29. The van der Waals surface area contributed by atoms with Gasteiger partial charge in [-0.25, -0.2) is 0 Å². The van der Waals surface area contributed by atoms with Crippen LogP contribution in [-0.2, 0) is 0 Å². The summed E-state index contributed by atoms with van der Waals surface area (Å²) in [6.45, 7) is 3.44. The van der Waals surface area contributed by atoms with Crippen LogP contribution in [0.2, 0.25) is 0 Å². The number of nitrogens with one attached hydrogen (secondary N) is 1. The Balaban J connectivity index is 0.000001000. The molecule has 0 bridgehead atoms. The molecule has 2 heteroatoms. The molecule has 1 aliphatic rings. The van der Waals surface area contributed by atoms with Crippen molar-refractivity contribution in [1.82, 2.24) is 5.32 Å². The highest BCUT2D eigenvalue weighted by Gasteiger charge is 2.10. The van der Waals surface area contributed by atoms with Crippen molar-refractivity contribution in [3.8, 4) is 0 Å². The second kappa shape index (κ2) is 6.93. The van der Waals surface area contributed by atoms with Crippen LogP contribution in [0.1, 0.15) is 45.4 Å². The van der Waals surface area contributed by atoms with Gasteiger partial charge in [0, 0.05) is 6.04 Å². The molecule has 1 rings (SSSR count). The van der Waals surface area contributed by atoms with Gasteiger partial charge in [0.25, 0.3) is 0 Å². The van der Waals surface area contributed by atoms with Crippen molar-refractivity contribution in [2.45, 2.75) is 51.5 Å². The first-order valence-electron chi connectivity index (χ1n) is 4.67. The van der Waals surface area contributed by atoms with Crippen LogP contribution in [0.5, 0.6) is 0 Å². The molecule has 0 aromatic heterocycles. The predicted molar refractivity (Wildman–Crippen MR) is 45.2 cm³/mol. The van der Waals surface area contributed by atoms with E-state index in [2.05, 4.69) is 12.2 Å². The Morgan fingerprint density at radius 2 is 1.82 bits per heavy atom. The molecule has 0 heterocycles. The van der Waals surface area contributed by atoms with Crippen molar-refractivity contribution in [3.63, 3.8) is 0 Å². The Morgan fingerprint density at radius 1 is 1.18 bits per heavy atom. The smallest absolute Gasteiger partial charge is 0.00670 e. The molecule has 0 saturated heterocycles. The van der Waals surface area contributed by atoms with E-state index in [1.807, 2.05) is 0 Å². The lowest BCUT2D eigenvalue weighted by Gasteiger charge is -2.22. The van der Waals surface area contributed by atoms with Gasteiger partial charge >= 0.3 is 0 Å². The first kappa shape index (κ1) is 11.2. The predicted octanol–water partition coefficient (Wildman–Crippen LogP) is -0.677. The lowest BCUT2D eigenvalue weighted by atomic mass is 9.95. The van der Waals surface area contributed by atoms with Crippen LogP contribution >= 0.6 is 0 Å². The zero-order valence-corrected chi connectivity index (χ0v) is 8.16. The molecular formula is C9H19ClN-. The lowest BCUT2D eigenvalue weighted by molar-refractivity contribution is -0.00000233. The van der Waals surface area contributed by atoms with E-state index < -0.39 is 0 Å². The van der Waals surface area contributed by atoms with Gasteiger partial charge in [-0.1, -0.05) is 26.2 Å². The van der Waals surface area contributed by atoms with E-state index >= 15 is 0 Å². The number of hydrogen-bond donors (Lipinski definition) is 1. The first-order valence-corrected chi connectivity index (χ1v) is 4.67. The fraction of sp³-hybridized carbons (Fsp3) is 1.00. The van der Waals surface area contributed by atoms with Crippen molar-refractivity contribution in [2.75, 3.05) is 6.54 Å². The molecular weight excluding hydrogens is 158 g/mol. The highest BCUT2D eigenvalue weighted by Crippen LogP contribution is 2.16. The topological polar surface area (TPSA) is 12.0 Å². The third kappa shape index (κ3) is 4.65. The first-order chi connectivity index (χ1) is 4.93. The average Bonchev–Trinajstić information content (AvgIpc) is 2.03. The van der Waals surface area contributed by atoms with E-state index in [1.54, 1.807) is 0 Å². The average molecular weight is 177 g/mol. The molecule has 0 radical (unpaired) electrons. The number of hydrogen-bond acceptors (Lipinski definition) is 1. The van der Waals surface area contributed by atoms with Gasteiger partial charge in [-0.05, 0) is 25.8 Å². The fourth-order valence-electron chi connectivity index (χ4n) is 1.66. The van der Waals surface area contributed by atoms with Gasteiger partial charge in [0.1, 0.15) is 0 Å². The minimum absolute atomic E-state index is 0. The molecule has 0 aromatic rings. The molecule has 0 aliphatic heterocycles. The molecule has 68 valence electrons. The fourth-order valence-corrected chi connectivity index (χ4v) is 1.66. The van der Waals surface area contributed by atoms with Gasteiger partial charge in [0.15, 0.2) is 0 Å². The minimum atomic E-state index is 0. The SMILES string of the molecule is CCCNC1CCCCC1.[Cl-]. The highest BCUT2D eigenvalue weighted by atomic mass is 35.5. The Kier molecular flexibility index (Phi) is 7.09. The molecule has 1 aliphatic carbocycles. The maximum absolute atomic E-state index is 3.57. The van der Waals surface area contributed by atoms with E-state index in [1.165, 1.54) is 45.1 Å². The van der Waals surface area contributed by atoms with Gasteiger partial charge in [-0.15, -0.1) is 0 Å². The van der Waals surface area contributed by atoms with Crippen LogP contribution < -0.4 is 17.7 Å². The van der Waals surface area contributed by atoms with Gasteiger partial charge < -0.3 is 17.7 Å². The van der Waals surface area contributed by atoms with Crippen molar-refractivity contribution < 1.29 is 12.4 Å². The van der Waals surface area contributed by atoms with Crippen molar-refractivity contribution in [1.29, 1.82) is 0 Å². The summed E-state index contributed by atoms with van der Waals surface area (Å²) in [5.74, 6) is 0. The molecule has 0 atom stereocenters. The van der Waals surface area contributed by atoms with Crippen LogP contribution in [0.15, 0.2) is 0 Å². The summed E-state index contributed by atoms with van der Waals surface area (Å²) >= 11 is 0. The summed E-state index contributed by atoms with van der Waals surface area (Å²) in [4.78, 5) is 0. The van der Waals surface area contributed by atoms with Crippen LogP contribution in [0.4, 0.5) is 0 Å². The van der Waals surface area contributed by atoms with Crippen LogP contribution in [0.25, 0.3) is 0 Å². The monoisotopic (exact) mass is 176 g/mol. The Hall–Kier alpha value is 0.250. The normalized spacial score (nSPS) is 19.4. The van der Waals surface area contributed by atoms with Crippen molar-refractivity contribution in [3.05, 3.63) is 0 Å². The van der Waals surface area contributed by atoms with E-state index in [4.69, 9.17) is 0 Å². The van der Waals surface area contributed by atoms with Crippen LogP contribution in [0.3, 0.4) is 0 Å². The number of halogens is 1. The molecule has 0 amide bonds. The molecule has 0 spiro atoms. The van der Waals surface area contributed by atoms with E-state index in [-0.39, 0.29) is 12.4 Å². The van der Waals surface area contributed by atoms with Crippen molar-refractivity contribution >= 4 is 0 Å². The zero-order chi connectivity index (χ0) is 7.23. The summed E-state index contributed by atoms with van der Waals surface area (Å²) in [6, 6.07) is 0.855. The Bertz CT molecular complexity index is 79.6. The van der Waals surface area contributed by atoms with E-state index in [9.17, 15) is 0 Å². The molecule has 0 unspecified atom stereocenters. The van der Waals surface area contributed by atoms with Crippen LogP contribution in [-0.4, -0.2) is 12.6 Å². The molecule has 11 heavy (non-hydrogen) atoms. The second-order valence-electron chi connectivity index (χ2n) is 3.29. The van der Waals surface area contributed by atoms with Gasteiger partial charge in [-0.3, -0.25) is 0 Å². The summed E-state index contributed by atoms with van der Waals surface area (Å²) in [5, 5.41) is 3.57. The standard InChI is InChI=1S/C9H19N.ClH/c1-2-8-10-9-6-4-3-5-7-9;/h9-10H,2-8H2,1H3;1H/p-1.